The van der Waals surface area contributed by atoms with Gasteiger partial charge in [0.05, 0.1) is 5.69 Å². The van der Waals surface area contributed by atoms with Crippen molar-refractivity contribution < 1.29 is 14.7 Å². The lowest BCUT2D eigenvalue weighted by Crippen LogP contribution is -2.32. The van der Waals surface area contributed by atoms with Gasteiger partial charge in [-0.2, -0.15) is 0 Å². The molecule has 6 heteroatoms. The summed E-state index contributed by atoms with van der Waals surface area (Å²) in [7, 11) is 0. The molecule has 182 valence electrons. The summed E-state index contributed by atoms with van der Waals surface area (Å²) < 4.78 is 0. The van der Waals surface area contributed by atoms with Crippen molar-refractivity contribution in [2.24, 2.45) is 4.99 Å². The number of hydrogen-bond donors (Lipinski definition) is 2. The molecule has 2 amide bonds. The third-order valence-electron chi connectivity index (χ3n) is 6.20. The van der Waals surface area contributed by atoms with Crippen LogP contribution in [0.2, 0.25) is 0 Å². The lowest BCUT2D eigenvalue weighted by atomic mass is 10.1. The number of carbonyl (C=O) groups is 2. The fraction of sp³-hybridized carbons (Fsp3) is 0.0645. The number of aromatic hydroxyl groups is 1. The molecule has 1 aliphatic rings. The molecule has 0 saturated carbocycles. The van der Waals surface area contributed by atoms with E-state index in [2.05, 4.69) is 10.3 Å². The summed E-state index contributed by atoms with van der Waals surface area (Å²) in [6.07, 6.45) is 1.69. The van der Waals surface area contributed by atoms with E-state index in [0.717, 1.165) is 27.9 Å². The Labute approximate surface area is 215 Å². The number of rotatable bonds is 5. The highest BCUT2D eigenvalue weighted by molar-refractivity contribution is 6.33. The number of anilines is 2. The summed E-state index contributed by atoms with van der Waals surface area (Å²) in [6.45, 7) is 3.91. The van der Waals surface area contributed by atoms with E-state index in [1.165, 1.54) is 0 Å². The normalized spacial score (nSPS) is 14.1. The Hall–Kier alpha value is -4.97. The predicted octanol–water partition coefficient (Wildman–Crippen LogP) is 6.10. The molecular formula is C31H25N3O3. The van der Waals surface area contributed by atoms with Crippen LogP contribution in [0.25, 0.3) is 6.08 Å². The Morgan fingerprint density at radius 1 is 0.838 bits per heavy atom. The van der Waals surface area contributed by atoms with E-state index in [9.17, 15) is 14.7 Å². The number of carbonyl (C=O) groups excluding carboxylic acids is 2. The maximum atomic E-state index is 13.5. The first-order valence-electron chi connectivity index (χ1n) is 11.9. The van der Waals surface area contributed by atoms with Crippen molar-refractivity contribution >= 4 is 35.1 Å². The minimum absolute atomic E-state index is 0.150. The number of nitrogens with one attached hydrogen (secondary N) is 1. The standard InChI is InChI=1S/C31H25N3O3/c1-20-7-6-8-21(2)28(20)33-30(36)24-13-15-25(16-14-24)34-29(23-9-4-3-5-10-23)32-27(31(34)37)19-22-11-17-26(35)18-12-22/h3-19,35H,1-2H3,(H,33,36). The predicted molar refractivity (Wildman–Crippen MR) is 147 cm³/mol. The highest BCUT2D eigenvalue weighted by Crippen LogP contribution is 2.29. The monoisotopic (exact) mass is 487 g/mol. The quantitative estimate of drug-likeness (QED) is 0.334. The van der Waals surface area contributed by atoms with Gasteiger partial charge in [0.15, 0.2) is 0 Å². The van der Waals surface area contributed by atoms with Gasteiger partial charge in [-0.3, -0.25) is 14.5 Å². The van der Waals surface area contributed by atoms with E-state index in [-0.39, 0.29) is 23.3 Å². The third-order valence-corrected chi connectivity index (χ3v) is 6.20. The van der Waals surface area contributed by atoms with Crippen molar-refractivity contribution in [2.45, 2.75) is 13.8 Å². The number of para-hydroxylation sites is 1. The van der Waals surface area contributed by atoms with Gasteiger partial charge in [-0.15, -0.1) is 0 Å². The largest absolute Gasteiger partial charge is 0.508 e. The van der Waals surface area contributed by atoms with Crippen molar-refractivity contribution in [3.63, 3.8) is 0 Å². The van der Waals surface area contributed by atoms with Gasteiger partial charge in [-0.05, 0) is 73.0 Å². The van der Waals surface area contributed by atoms with E-state index < -0.39 is 0 Å². The van der Waals surface area contributed by atoms with Gasteiger partial charge in [-0.1, -0.05) is 60.7 Å². The van der Waals surface area contributed by atoms with Crippen molar-refractivity contribution in [3.05, 3.63) is 131 Å². The molecule has 5 rings (SSSR count). The van der Waals surface area contributed by atoms with Crippen molar-refractivity contribution in [2.75, 3.05) is 10.2 Å². The zero-order valence-corrected chi connectivity index (χ0v) is 20.5. The summed E-state index contributed by atoms with van der Waals surface area (Å²) in [5.41, 5.74) is 5.68. The molecular weight excluding hydrogens is 462 g/mol. The summed E-state index contributed by atoms with van der Waals surface area (Å²) in [6, 6.07) is 28.8. The second kappa shape index (κ2) is 9.95. The van der Waals surface area contributed by atoms with E-state index >= 15 is 0 Å². The van der Waals surface area contributed by atoms with E-state index in [1.54, 1.807) is 59.5 Å². The second-order valence-electron chi connectivity index (χ2n) is 8.83. The number of amides is 2. The van der Waals surface area contributed by atoms with Crippen LogP contribution in [0.3, 0.4) is 0 Å². The molecule has 4 aromatic rings. The van der Waals surface area contributed by atoms with E-state index in [4.69, 9.17) is 0 Å². The van der Waals surface area contributed by atoms with Gasteiger partial charge in [0.2, 0.25) is 0 Å². The molecule has 6 nitrogen and oxygen atoms in total. The van der Waals surface area contributed by atoms with Gasteiger partial charge < -0.3 is 10.4 Å². The van der Waals surface area contributed by atoms with Crippen LogP contribution >= 0.6 is 0 Å². The van der Waals surface area contributed by atoms with Crippen LogP contribution in [-0.4, -0.2) is 22.8 Å². The summed E-state index contributed by atoms with van der Waals surface area (Å²) in [4.78, 5) is 32.7. The third kappa shape index (κ3) is 4.90. The summed E-state index contributed by atoms with van der Waals surface area (Å²) in [5, 5.41) is 12.6. The molecule has 4 aromatic carbocycles. The Bertz CT molecular complexity index is 1520. The number of aliphatic imine (C=N–C) groups is 1. The van der Waals surface area contributed by atoms with Crippen molar-refractivity contribution in [1.82, 2.24) is 0 Å². The Kier molecular flexibility index (Phi) is 6.39. The number of phenols is 1. The lowest BCUT2D eigenvalue weighted by molar-refractivity contribution is -0.113. The molecule has 0 aromatic heterocycles. The first-order valence-corrected chi connectivity index (χ1v) is 11.9. The van der Waals surface area contributed by atoms with Gasteiger partial charge in [-0.25, -0.2) is 4.99 Å². The van der Waals surface area contributed by atoms with Crippen molar-refractivity contribution in [3.8, 4) is 5.75 Å². The first kappa shape index (κ1) is 23.8. The molecule has 0 spiro atoms. The highest BCUT2D eigenvalue weighted by atomic mass is 16.3. The van der Waals surface area contributed by atoms with E-state index in [0.29, 0.717) is 17.1 Å². The Morgan fingerprint density at radius 3 is 2.14 bits per heavy atom. The zero-order chi connectivity index (χ0) is 25.9. The average Bonchev–Trinajstić information content (AvgIpc) is 3.23. The number of nitrogens with zero attached hydrogens (tertiary/aromatic N) is 2. The molecule has 0 saturated heterocycles. The van der Waals surface area contributed by atoms with Gasteiger partial charge in [0, 0.05) is 16.8 Å². The van der Waals surface area contributed by atoms with Crippen LogP contribution in [0.4, 0.5) is 11.4 Å². The van der Waals surface area contributed by atoms with Crippen LogP contribution in [0.15, 0.2) is 108 Å². The number of amidine groups is 1. The van der Waals surface area contributed by atoms with Crippen LogP contribution in [0, 0.1) is 13.8 Å². The molecule has 0 bridgehead atoms. The molecule has 1 aliphatic heterocycles. The Balaban J connectivity index is 1.46. The zero-order valence-electron chi connectivity index (χ0n) is 20.5. The number of benzene rings is 4. The summed E-state index contributed by atoms with van der Waals surface area (Å²) >= 11 is 0. The second-order valence-corrected chi connectivity index (χ2v) is 8.83. The molecule has 0 unspecified atom stereocenters. The van der Waals surface area contributed by atoms with Crippen LogP contribution < -0.4 is 10.2 Å². The van der Waals surface area contributed by atoms with Crippen molar-refractivity contribution in [1.29, 1.82) is 0 Å². The minimum atomic E-state index is -0.278. The van der Waals surface area contributed by atoms with Gasteiger partial charge in [0.25, 0.3) is 11.8 Å². The van der Waals surface area contributed by atoms with Crippen LogP contribution in [0.5, 0.6) is 5.75 Å². The molecule has 2 N–H and O–H groups in total. The minimum Gasteiger partial charge on any atom is -0.508 e. The lowest BCUT2D eigenvalue weighted by Gasteiger charge is -2.19. The average molecular weight is 488 g/mol. The molecule has 0 aliphatic carbocycles. The van der Waals surface area contributed by atoms with Crippen LogP contribution in [-0.2, 0) is 4.79 Å². The fourth-order valence-corrected chi connectivity index (χ4v) is 4.22. The molecule has 0 fully saturated rings. The first-order chi connectivity index (χ1) is 17.9. The number of hydrogen-bond acceptors (Lipinski definition) is 4. The molecule has 37 heavy (non-hydrogen) atoms. The fourth-order valence-electron chi connectivity index (χ4n) is 4.22. The molecule has 1 heterocycles. The molecule has 0 atom stereocenters. The number of phenolic OH excluding ortho intramolecular Hbond substituents is 1. The Morgan fingerprint density at radius 2 is 1.49 bits per heavy atom. The summed E-state index contributed by atoms with van der Waals surface area (Å²) in [5.74, 6) is 0.154. The molecule has 0 radical (unpaired) electrons. The maximum Gasteiger partial charge on any atom is 0.282 e. The topological polar surface area (TPSA) is 82.0 Å². The maximum absolute atomic E-state index is 13.5. The van der Waals surface area contributed by atoms with Gasteiger partial charge >= 0.3 is 0 Å². The number of aryl methyl sites for hydroxylation is 2. The highest BCUT2D eigenvalue weighted by Gasteiger charge is 2.32. The SMILES string of the molecule is Cc1cccc(C)c1NC(=O)c1ccc(N2C(=O)C(=Cc3ccc(O)cc3)N=C2c2ccccc2)cc1. The van der Waals surface area contributed by atoms with Crippen LogP contribution in [0.1, 0.15) is 32.6 Å². The smallest absolute Gasteiger partial charge is 0.282 e. The van der Waals surface area contributed by atoms with Gasteiger partial charge in [0.1, 0.15) is 17.3 Å². The van der Waals surface area contributed by atoms with E-state index in [1.807, 2.05) is 62.4 Å².